The molecule has 1 amide bonds. The first-order valence-electron chi connectivity index (χ1n) is 10.7. The van der Waals surface area contributed by atoms with Gasteiger partial charge in [0.25, 0.3) is 0 Å². The highest BCUT2D eigenvalue weighted by Gasteiger charge is 2.27. The zero-order valence-corrected chi connectivity index (χ0v) is 18.2. The molecule has 0 aromatic carbocycles. The molecule has 0 aliphatic heterocycles. The van der Waals surface area contributed by atoms with Gasteiger partial charge in [0.2, 0.25) is 5.91 Å². The lowest BCUT2D eigenvalue weighted by Crippen LogP contribution is -2.41. The molecule has 0 spiro atoms. The number of fused-ring (bicyclic) bond motifs is 2. The minimum absolute atomic E-state index is 0.103. The summed E-state index contributed by atoms with van der Waals surface area (Å²) < 4.78 is 8.31. The second-order valence-corrected chi connectivity index (χ2v) is 7.91. The normalized spacial score (nSPS) is 15.0. The number of aryl methyl sites for hydroxylation is 1. The van der Waals surface area contributed by atoms with Gasteiger partial charge in [-0.05, 0) is 50.8 Å². The van der Waals surface area contributed by atoms with Crippen LogP contribution in [-0.4, -0.2) is 32.6 Å². The van der Waals surface area contributed by atoms with E-state index in [9.17, 15) is 19.2 Å². The van der Waals surface area contributed by atoms with E-state index in [2.05, 4.69) is 10.3 Å². The monoisotopic (exact) mass is 438 g/mol. The number of ether oxygens (including phenoxy) is 1. The Bertz CT molecular complexity index is 1260. The average molecular weight is 438 g/mol. The quantitative estimate of drug-likeness (QED) is 0.525. The van der Waals surface area contributed by atoms with Gasteiger partial charge in [0.05, 0.1) is 18.8 Å². The lowest BCUT2D eigenvalue weighted by atomic mass is 9.84. The van der Waals surface area contributed by atoms with Gasteiger partial charge in [-0.2, -0.15) is 0 Å². The van der Waals surface area contributed by atoms with E-state index in [1.165, 1.54) is 17.1 Å². The number of aromatic nitrogens is 3. The molecular formula is C23H26N4O5. The number of carbonyl (C=O) groups is 2. The van der Waals surface area contributed by atoms with Gasteiger partial charge in [-0.15, -0.1) is 0 Å². The lowest BCUT2D eigenvalue weighted by molar-refractivity contribution is -0.143. The fourth-order valence-electron chi connectivity index (χ4n) is 4.38. The summed E-state index contributed by atoms with van der Waals surface area (Å²) in [5, 5.41) is 2.82. The molecular weight excluding hydrogens is 412 g/mol. The third-order valence-electron chi connectivity index (χ3n) is 5.82. The molecule has 2 aromatic rings. The van der Waals surface area contributed by atoms with E-state index in [4.69, 9.17) is 4.74 Å². The Morgan fingerprint density at radius 1 is 1.19 bits per heavy atom. The molecule has 0 atom stereocenters. The van der Waals surface area contributed by atoms with Gasteiger partial charge in [0, 0.05) is 35.8 Å². The molecule has 0 saturated heterocycles. The molecule has 32 heavy (non-hydrogen) atoms. The van der Waals surface area contributed by atoms with Gasteiger partial charge in [-0.3, -0.25) is 23.7 Å². The van der Waals surface area contributed by atoms with Gasteiger partial charge >= 0.3 is 17.1 Å². The summed E-state index contributed by atoms with van der Waals surface area (Å²) in [6.07, 6.45) is 6.97. The summed E-state index contributed by atoms with van der Waals surface area (Å²) >= 11 is 0. The molecule has 0 saturated carbocycles. The van der Waals surface area contributed by atoms with Crippen LogP contribution in [0, 0.1) is 0 Å². The van der Waals surface area contributed by atoms with Crippen LogP contribution in [0.4, 0.5) is 0 Å². The van der Waals surface area contributed by atoms with Crippen molar-refractivity contribution in [3.63, 3.8) is 0 Å². The van der Waals surface area contributed by atoms with Crippen molar-refractivity contribution in [1.29, 1.82) is 0 Å². The molecule has 168 valence electrons. The van der Waals surface area contributed by atoms with Crippen molar-refractivity contribution in [2.45, 2.75) is 52.6 Å². The van der Waals surface area contributed by atoms with Gasteiger partial charge in [0.1, 0.15) is 6.54 Å². The fourth-order valence-corrected chi connectivity index (χ4v) is 4.38. The standard InChI is InChI=1S/C23H26N4O5/c1-3-32-20(29)13-27-21-18-11-16(26-10-4-5-17(26)12-24-14(2)28)8-6-15(18)7-9-19(21)25-22(30)23(27)31/h4-5,10-11H,3,6-9,12-13H2,1-2H3,(H,24,28)(H,25,30). The highest BCUT2D eigenvalue weighted by atomic mass is 16.5. The van der Waals surface area contributed by atoms with Gasteiger partial charge in [0.15, 0.2) is 0 Å². The Morgan fingerprint density at radius 2 is 1.97 bits per heavy atom. The topological polar surface area (TPSA) is 115 Å². The Kier molecular flexibility index (Phi) is 5.98. The van der Waals surface area contributed by atoms with Crippen LogP contribution in [0.15, 0.2) is 39.6 Å². The van der Waals surface area contributed by atoms with Gasteiger partial charge in [-0.1, -0.05) is 5.57 Å². The van der Waals surface area contributed by atoms with Gasteiger partial charge in [-0.25, -0.2) is 0 Å². The minimum atomic E-state index is -0.765. The van der Waals surface area contributed by atoms with E-state index < -0.39 is 17.1 Å². The Balaban J connectivity index is 1.79. The summed E-state index contributed by atoms with van der Waals surface area (Å²) in [5.41, 5.74) is 3.75. The highest BCUT2D eigenvalue weighted by molar-refractivity contribution is 5.85. The second-order valence-electron chi connectivity index (χ2n) is 7.91. The van der Waals surface area contributed by atoms with Crippen molar-refractivity contribution >= 4 is 23.1 Å². The number of aromatic amines is 1. The zero-order chi connectivity index (χ0) is 22.8. The van der Waals surface area contributed by atoms with Crippen LogP contribution in [-0.2, 0) is 33.8 Å². The summed E-state index contributed by atoms with van der Waals surface area (Å²) in [6.45, 7) is 3.47. The van der Waals surface area contributed by atoms with Crippen LogP contribution in [0.3, 0.4) is 0 Å². The number of amides is 1. The number of hydrogen-bond acceptors (Lipinski definition) is 5. The van der Waals surface area contributed by atoms with Crippen molar-refractivity contribution in [2.75, 3.05) is 6.61 Å². The molecule has 9 nitrogen and oxygen atoms in total. The van der Waals surface area contributed by atoms with Crippen molar-refractivity contribution in [2.24, 2.45) is 0 Å². The molecule has 2 aliphatic carbocycles. The van der Waals surface area contributed by atoms with Crippen LogP contribution in [0.2, 0.25) is 0 Å². The summed E-state index contributed by atoms with van der Waals surface area (Å²) in [6, 6.07) is 3.87. The predicted octanol–water partition coefficient (Wildman–Crippen LogP) is 1.57. The van der Waals surface area contributed by atoms with E-state index >= 15 is 0 Å². The third kappa shape index (κ3) is 4.10. The molecule has 2 N–H and O–H groups in total. The van der Waals surface area contributed by atoms with Crippen LogP contribution in [0.25, 0.3) is 11.3 Å². The summed E-state index contributed by atoms with van der Waals surface area (Å²) in [4.78, 5) is 51.1. The number of esters is 1. The maximum atomic E-state index is 12.7. The number of allylic oxidation sites excluding steroid dienone is 4. The van der Waals surface area contributed by atoms with Crippen molar-refractivity contribution in [3.05, 3.63) is 67.8 Å². The largest absolute Gasteiger partial charge is 0.465 e. The van der Waals surface area contributed by atoms with Crippen molar-refractivity contribution in [1.82, 2.24) is 19.4 Å². The van der Waals surface area contributed by atoms with Crippen LogP contribution >= 0.6 is 0 Å². The number of carbonyl (C=O) groups excluding carboxylic acids is 2. The first-order chi connectivity index (χ1) is 15.4. The molecule has 0 fully saturated rings. The number of H-pyrrole nitrogens is 1. The lowest BCUT2D eigenvalue weighted by Gasteiger charge is -2.29. The van der Waals surface area contributed by atoms with Crippen molar-refractivity contribution < 1.29 is 14.3 Å². The average Bonchev–Trinajstić information content (AvgIpc) is 3.23. The number of nitrogens with zero attached hydrogens (tertiary/aromatic N) is 2. The number of rotatable bonds is 6. The SMILES string of the molecule is CCOC(=O)Cn1c2c([nH]c(=O)c1=O)CCC1=C2C=C(n2cccc2CNC(C)=O)CC1. The van der Waals surface area contributed by atoms with Crippen LogP contribution < -0.4 is 16.4 Å². The molecule has 0 unspecified atom stereocenters. The van der Waals surface area contributed by atoms with Crippen molar-refractivity contribution in [3.8, 4) is 0 Å². The Labute approximate surface area is 184 Å². The van der Waals surface area contributed by atoms with E-state index in [-0.39, 0.29) is 19.1 Å². The maximum absolute atomic E-state index is 12.7. The van der Waals surface area contributed by atoms with E-state index in [0.717, 1.165) is 36.2 Å². The van der Waals surface area contributed by atoms with E-state index in [1.54, 1.807) is 6.92 Å². The zero-order valence-electron chi connectivity index (χ0n) is 18.2. The fraction of sp³-hybridized carbons (Fsp3) is 0.391. The van der Waals surface area contributed by atoms with Gasteiger partial charge < -0.3 is 19.6 Å². The molecule has 9 heteroatoms. The Morgan fingerprint density at radius 3 is 2.72 bits per heavy atom. The molecule has 4 rings (SSSR count). The summed E-state index contributed by atoms with van der Waals surface area (Å²) in [5.74, 6) is -0.661. The number of hydrogen-bond donors (Lipinski definition) is 2. The molecule has 2 aliphatic rings. The van der Waals surface area contributed by atoms with E-state index in [1.807, 2.05) is 29.0 Å². The maximum Gasteiger partial charge on any atom is 0.326 e. The number of nitrogens with one attached hydrogen (secondary N) is 2. The third-order valence-corrected chi connectivity index (χ3v) is 5.82. The van der Waals surface area contributed by atoms with Crippen LogP contribution in [0.5, 0.6) is 0 Å². The van der Waals surface area contributed by atoms with Crippen LogP contribution in [0.1, 0.15) is 50.2 Å². The molecule has 2 heterocycles. The first-order valence-corrected chi connectivity index (χ1v) is 10.7. The highest BCUT2D eigenvalue weighted by Crippen LogP contribution is 2.39. The Hall–Kier alpha value is -3.62. The minimum Gasteiger partial charge on any atom is -0.465 e. The first kappa shape index (κ1) is 21.6. The second kappa shape index (κ2) is 8.86. The van der Waals surface area contributed by atoms with E-state index in [0.29, 0.717) is 24.4 Å². The molecule has 0 bridgehead atoms. The smallest absolute Gasteiger partial charge is 0.326 e. The molecule has 0 radical (unpaired) electrons. The molecule has 2 aromatic heterocycles. The predicted molar refractivity (Wildman–Crippen MR) is 119 cm³/mol. The summed E-state index contributed by atoms with van der Waals surface area (Å²) in [7, 11) is 0.